The lowest BCUT2D eigenvalue weighted by Crippen LogP contribution is -2.10. The second kappa shape index (κ2) is 2.83. The Balaban J connectivity index is 2.86. The van der Waals surface area contributed by atoms with Crippen LogP contribution in [-0.4, -0.2) is 5.91 Å². The number of fused-ring (bicyclic) bond motifs is 1. The lowest BCUT2D eigenvalue weighted by atomic mass is 10.1. The number of carbonyl (C=O) groups is 1. The van der Waals surface area contributed by atoms with Gasteiger partial charge in [-0.3, -0.25) is 4.79 Å². The van der Waals surface area contributed by atoms with Crippen LogP contribution >= 0.6 is 0 Å². The van der Waals surface area contributed by atoms with Crippen LogP contribution in [0.4, 0.5) is 4.39 Å². The highest BCUT2D eigenvalue weighted by Gasteiger charge is 2.16. The molecule has 2 aromatic rings. The molecule has 0 unspecified atom stereocenters. The normalized spacial score (nSPS) is 10.7. The van der Waals surface area contributed by atoms with Crippen LogP contribution in [0.25, 0.3) is 11.0 Å². The second-order valence-electron chi connectivity index (χ2n) is 3.04. The van der Waals surface area contributed by atoms with E-state index in [-0.39, 0.29) is 11.3 Å². The maximum absolute atomic E-state index is 13.2. The average Bonchev–Trinajstić information content (AvgIpc) is 2.46. The summed E-state index contributed by atoms with van der Waals surface area (Å²) in [5, 5.41) is 0.582. The Hall–Kier alpha value is -1.84. The summed E-state index contributed by atoms with van der Waals surface area (Å²) in [6, 6.07) is 4.52. The number of hydrogen-bond donors (Lipinski definition) is 1. The van der Waals surface area contributed by atoms with Crippen LogP contribution < -0.4 is 5.73 Å². The Morgan fingerprint density at radius 3 is 2.79 bits per heavy atom. The minimum Gasteiger partial charge on any atom is -0.448 e. The van der Waals surface area contributed by atoms with Gasteiger partial charge in [-0.1, -0.05) is 12.1 Å². The minimum absolute atomic E-state index is 0.0186. The smallest absolute Gasteiger partial charge is 0.284 e. The Morgan fingerprint density at radius 2 is 2.21 bits per heavy atom. The summed E-state index contributed by atoms with van der Waals surface area (Å²) in [6.07, 6.45) is 0. The van der Waals surface area contributed by atoms with Crippen LogP contribution in [0.15, 0.2) is 22.6 Å². The molecule has 14 heavy (non-hydrogen) atoms. The van der Waals surface area contributed by atoms with E-state index in [1.807, 2.05) is 0 Å². The monoisotopic (exact) mass is 193 g/mol. The van der Waals surface area contributed by atoms with E-state index in [4.69, 9.17) is 10.2 Å². The van der Waals surface area contributed by atoms with Crippen molar-refractivity contribution in [3.05, 3.63) is 35.3 Å². The highest BCUT2D eigenvalue weighted by atomic mass is 19.1. The van der Waals surface area contributed by atoms with E-state index in [9.17, 15) is 9.18 Å². The first-order chi connectivity index (χ1) is 6.61. The summed E-state index contributed by atoms with van der Waals surface area (Å²) in [4.78, 5) is 10.9. The molecular formula is C10H8FNO2. The number of primary amides is 1. The fourth-order valence-corrected chi connectivity index (χ4v) is 1.44. The number of benzene rings is 1. The van der Waals surface area contributed by atoms with Gasteiger partial charge in [-0.05, 0) is 13.0 Å². The van der Waals surface area contributed by atoms with Gasteiger partial charge in [0.1, 0.15) is 0 Å². The van der Waals surface area contributed by atoms with Gasteiger partial charge in [0, 0.05) is 10.9 Å². The molecule has 0 bridgehead atoms. The van der Waals surface area contributed by atoms with Gasteiger partial charge in [0.15, 0.2) is 17.2 Å². The zero-order valence-corrected chi connectivity index (χ0v) is 7.50. The highest BCUT2D eigenvalue weighted by Crippen LogP contribution is 2.26. The van der Waals surface area contributed by atoms with Crippen LogP contribution in [0.5, 0.6) is 0 Å². The van der Waals surface area contributed by atoms with Crippen LogP contribution in [-0.2, 0) is 0 Å². The van der Waals surface area contributed by atoms with Crippen molar-refractivity contribution >= 4 is 16.9 Å². The Bertz CT molecular complexity index is 516. The summed E-state index contributed by atoms with van der Waals surface area (Å²) >= 11 is 0. The van der Waals surface area contributed by atoms with Gasteiger partial charge in [-0.15, -0.1) is 0 Å². The van der Waals surface area contributed by atoms with E-state index in [2.05, 4.69) is 0 Å². The maximum atomic E-state index is 13.2. The molecule has 2 N–H and O–H groups in total. The molecule has 0 aliphatic heterocycles. The van der Waals surface area contributed by atoms with Crippen LogP contribution in [0.2, 0.25) is 0 Å². The quantitative estimate of drug-likeness (QED) is 0.752. The number of nitrogens with two attached hydrogens (primary N) is 1. The number of rotatable bonds is 1. The molecule has 0 aliphatic rings. The number of para-hydroxylation sites is 1. The van der Waals surface area contributed by atoms with Gasteiger partial charge in [0.25, 0.3) is 5.91 Å². The van der Waals surface area contributed by atoms with Crippen molar-refractivity contribution in [1.82, 2.24) is 0 Å². The predicted molar refractivity (Wildman–Crippen MR) is 49.4 cm³/mol. The molecule has 1 amide bonds. The fraction of sp³-hybridized carbons (Fsp3) is 0.100. The van der Waals surface area contributed by atoms with Gasteiger partial charge in [-0.25, -0.2) is 4.39 Å². The molecule has 72 valence electrons. The molecule has 1 heterocycles. The summed E-state index contributed by atoms with van der Waals surface area (Å²) in [6.45, 7) is 1.67. The molecule has 2 rings (SSSR count). The van der Waals surface area contributed by atoms with Gasteiger partial charge in [0.2, 0.25) is 0 Å². The third-order valence-corrected chi connectivity index (χ3v) is 2.14. The molecule has 0 fully saturated rings. The summed E-state index contributed by atoms with van der Waals surface area (Å²) in [5.41, 5.74) is 5.73. The predicted octanol–water partition coefficient (Wildman–Crippen LogP) is 1.98. The van der Waals surface area contributed by atoms with Crippen molar-refractivity contribution in [1.29, 1.82) is 0 Å². The van der Waals surface area contributed by atoms with Crippen molar-refractivity contribution in [2.45, 2.75) is 6.92 Å². The molecule has 0 aliphatic carbocycles. The average molecular weight is 193 g/mol. The number of hydrogen-bond acceptors (Lipinski definition) is 2. The molecular weight excluding hydrogens is 185 g/mol. The standard InChI is InChI=1S/C10H8FNO2/c1-5-6-3-2-4-7(11)9(6)14-8(5)10(12)13/h2-4H,1H3,(H2,12,13). The van der Waals surface area contributed by atoms with Crippen molar-refractivity contribution < 1.29 is 13.6 Å². The van der Waals surface area contributed by atoms with E-state index in [1.54, 1.807) is 19.1 Å². The maximum Gasteiger partial charge on any atom is 0.284 e. The molecule has 3 nitrogen and oxygen atoms in total. The second-order valence-corrected chi connectivity index (χ2v) is 3.04. The van der Waals surface area contributed by atoms with Crippen molar-refractivity contribution in [2.24, 2.45) is 5.73 Å². The van der Waals surface area contributed by atoms with E-state index in [1.165, 1.54) is 6.07 Å². The van der Waals surface area contributed by atoms with Crippen molar-refractivity contribution in [2.75, 3.05) is 0 Å². The molecule has 4 heteroatoms. The van der Waals surface area contributed by atoms with Crippen LogP contribution in [0, 0.1) is 12.7 Å². The molecule has 0 radical (unpaired) electrons. The van der Waals surface area contributed by atoms with E-state index in [0.717, 1.165) is 0 Å². The summed E-state index contributed by atoms with van der Waals surface area (Å²) in [5.74, 6) is -1.15. The van der Waals surface area contributed by atoms with E-state index >= 15 is 0 Å². The third kappa shape index (κ3) is 1.08. The Labute approximate surface area is 79.3 Å². The van der Waals surface area contributed by atoms with Crippen LogP contribution in [0.3, 0.4) is 0 Å². The number of aryl methyl sites for hydroxylation is 1. The highest BCUT2D eigenvalue weighted by molar-refractivity contribution is 5.98. The Kier molecular flexibility index (Phi) is 1.77. The lowest BCUT2D eigenvalue weighted by Gasteiger charge is -1.89. The van der Waals surface area contributed by atoms with Crippen LogP contribution in [0.1, 0.15) is 16.1 Å². The number of halogens is 1. The largest absolute Gasteiger partial charge is 0.448 e. The first-order valence-electron chi connectivity index (χ1n) is 4.08. The molecule has 0 atom stereocenters. The zero-order valence-electron chi connectivity index (χ0n) is 7.50. The van der Waals surface area contributed by atoms with Gasteiger partial charge in [0.05, 0.1) is 0 Å². The molecule has 0 saturated heterocycles. The number of carbonyl (C=O) groups excluding carboxylic acids is 1. The fourth-order valence-electron chi connectivity index (χ4n) is 1.44. The third-order valence-electron chi connectivity index (χ3n) is 2.14. The van der Waals surface area contributed by atoms with Gasteiger partial charge < -0.3 is 10.2 Å². The summed E-state index contributed by atoms with van der Waals surface area (Å²) in [7, 11) is 0. The lowest BCUT2D eigenvalue weighted by molar-refractivity contribution is 0.0975. The van der Waals surface area contributed by atoms with E-state index < -0.39 is 11.7 Å². The van der Waals surface area contributed by atoms with Gasteiger partial charge in [-0.2, -0.15) is 0 Å². The first-order valence-corrected chi connectivity index (χ1v) is 4.08. The molecule has 0 saturated carbocycles. The zero-order chi connectivity index (χ0) is 10.3. The Morgan fingerprint density at radius 1 is 1.50 bits per heavy atom. The van der Waals surface area contributed by atoms with Crippen molar-refractivity contribution in [3.8, 4) is 0 Å². The van der Waals surface area contributed by atoms with Gasteiger partial charge >= 0.3 is 0 Å². The topological polar surface area (TPSA) is 56.2 Å². The number of furan rings is 1. The van der Waals surface area contributed by atoms with Crippen molar-refractivity contribution in [3.63, 3.8) is 0 Å². The first kappa shape index (κ1) is 8.74. The minimum atomic E-state index is -0.682. The number of amides is 1. The van der Waals surface area contributed by atoms with E-state index in [0.29, 0.717) is 10.9 Å². The molecule has 1 aromatic carbocycles. The molecule has 0 spiro atoms. The summed E-state index contributed by atoms with van der Waals surface area (Å²) < 4.78 is 18.2. The SMILES string of the molecule is Cc1c(C(N)=O)oc2c(F)cccc12. The molecule has 1 aromatic heterocycles.